The number of ether oxygens (including phenoxy) is 1. The van der Waals surface area contributed by atoms with E-state index >= 15 is 0 Å². The smallest absolute Gasteiger partial charge is 0.279 e. The first-order valence-corrected chi connectivity index (χ1v) is 7.61. The van der Waals surface area contributed by atoms with Crippen molar-refractivity contribution in [3.8, 4) is 5.75 Å². The highest BCUT2D eigenvalue weighted by atomic mass is 16.5. The molecule has 0 radical (unpaired) electrons. The first-order chi connectivity index (χ1) is 10.5. The predicted molar refractivity (Wildman–Crippen MR) is 85.7 cm³/mol. The van der Waals surface area contributed by atoms with Crippen molar-refractivity contribution >= 4 is 11.6 Å². The van der Waals surface area contributed by atoms with Crippen molar-refractivity contribution in [3.05, 3.63) is 40.7 Å². The molecule has 0 atom stereocenters. The Kier molecular flexibility index (Phi) is 3.64. The lowest BCUT2D eigenvalue weighted by molar-refractivity contribution is 0.0971. The van der Waals surface area contributed by atoms with Gasteiger partial charge in [0.15, 0.2) is 5.69 Å². The number of aryl methyl sites for hydroxylation is 4. The van der Waals surface area contributed by atoms with Crippen LogP contribution in [0.2, 0.25) is 0 Å². The van der Waals surface area contributed by atoms with Crippen LogP contribution < -0.4 is 9.64 Å². The Morgan fingerprint density at radius 2 is 2.05 bits per heavy atom. The lowest BCUT2D eigenvalue weighted by Gasteiger charge is -2.30. The second-order valence-electron chi connectivity index (χ2n) is 5.72. The van der Waals surface area contributed by atoms with Gasteiger partial charge in [0.1, 0.15) is 12.4 Å². The summed E-state index contributed by atoms with van der Waals surface area (Å²) in [5.74, 6) is 0.738. The molecule has 0 unspecified atom stereocenters. The van der Waals surface area contributed by atoms with Crippen molar-refractivity contribution in [2.75, 3.05) is 18.1 Å². The molecular formula is C17H21N3O2. The minimum Gasteiger partial charge on any atom is -0.489 e. The maximum atomic E-state index is 12.9. The number of anilines is 1. The number of benzene rings is 1. The number of carbonyl (C=O) groups excluding carboxylic acids is 1. The molecule has 116 valence electrons. The first kappa shape index (κ1) is 14.6. The summed E-state index contributed by atoms with van der Waals surface area (Å²) in [4.78, 5) is 14.6. The molecule has 5 nitrogen and oxygen atoms in total. The van der Waals surface area contributed by atoms with Gasteiger partial charge in [-0.05, 0) is 51.0 Å². The lowest BCUT2D eigenvalue weighted by Crippen LogP contribution is -2.38. The Morgan fingerprint density at radius 3 is 2.73 bits per heavy atom. The summed E-state index contributed by atoms with van der Waals surface area (Å²) in [6.07, 6.45) is 0. The SMILES string of the molecule is CCn1nc(C(=O)N2CCOc3c(C)cc(C)cc32)cc1C. The molecule has 0 N–H and O–H groups in total. The van der Waals surface area contributed by atoms with E-state index in [1.807, 2.05) is 44.5 Å². The average Bonchev–Trinajstić information content (AvgIpc) is 2.87. The molecule has 0 saturated heterocycles. The molecule has 5 heteroatoms. The number of hydrogen-bond donors (Lipinski definition) is 0. The van der Waals surface area contributed by atoms with Crippen molar-refractivity contribution in [2.45, 2.75) is 34.2 Å². The normalized spacial score (nSPS) is 13.7. The summed E-state index contributed by atoms with van der Waals surface area (Å²) >= 11 is 0. The van der Waals surface area contributed by atoms with E-state index in [2.05, 4.69) is 11.2 Å². The Labute approximate surface area is 130 Å². The number of rotatable bonds is 2. The van der Waals surface area contributed by atoms with Crippen molar-refractivity contribution in [1.82, 2.24) is 9.78 Å². The molecule has 0 spiro atoms. The molecule has 1 aliphatic rings. The zero-order valence-corrected chi connectivity index (χ0v) is 13.5. The van der Waals surface area contributed by atoms with E-state index in [-0.39, 0.29) is 5.91 Å². The number of carbonyl (C=O) groups is 1. The molecule has 3 rings (SSSR count). The largest absolute Gasteiger partial charge is 0.489 e. The van der Waals surface area contributed by atoms with Crippen LogP contribution in [0.3, 0.4) is 0 Å². The molecule has 0 aliphatic carbocycles. The Hall–Kier alpha value is -2.30. The van der Waals surface area contributed by atoms with Gasteiger partial charge in [-0.2, -0.15) is 5.10 Å². The van der Waals surface area contributed by atoms with Crippen LogP contribution in [0.15, 0.2) is 18.2 Å². The topological polar surface area (TPSA) is 47.4 Å². The third kappa shape index (κ3) is 2.36. The average molecular weight is 299 g/mol. The summed E-state index contributed by atoms with van der Waals surface area (Å²) in [7, 11) is 0. The molecular weight excluding hydrogens is 278 g/mol. The number of hydrogen-bond acceptors (Lipinski definition) is 3. The highest BCUT2D eigenvalue weighted by molar-refractivity contribution is 6.06. The molecule has 22 heavy (non-hydrogen) atoms. The van der Waals surface area contributed by atoms with Crippen LogP contribution in [0.4, 0.5) is 5.69 Å². The van der Waals surface area contributed by atoms with Crippen LogP contribution in [-0.2, 0) is 6.54 Å². The molecule has 0 saturated carbocycles. The van der Waals surface area contributed by atoms with E-state index in [0.717, 1.165) is 34.8 Å². The van der Waals surface area contributed by atoms with Gasteiger partial charge in [0.05, 0.1) is 12.2 Å². The second kappa shape index (κ2) is 5.48. The van der Waals surface area contributed by atoms with Gasteiger partial charge >= 0.3 is 0 Å². The Morgan fingerprint density at radius 1 is 1.27 bits per heavy atom. The van der Waals surface area contributed by atoms with Gasteiger partial charge < -0.3 is 9.64 Å². The monoisotopic (exact) mass is 299 g/mol. The van der Waals surface area contributed by atoms with Gasteiger partial charge in [0, 0.05) is 12.2 Å². The van der Waals surface area contributed by atoms with Crippen LogP contribution >= 0.6 is 0 Å². The fourth-order valence-electron chi connectivity index (χ4n) is 2.96. The van der Waals surface area contributed by atoms with Crippen LogP contribution in [0.25, 0.3) is 0 Å². The molecule has 0 bridgehead atoms. The van der Waals surface area contributed by atoms with Crippen LogP contribution in [0, 0.1) is 20.8 Å². The van der Waals surface area contributed by atoms with Gasteiger partial charge in [-0.15, -0.1) is 0 Å². The molecule has 0 fully saturated rings. The van der Waals surface area contributed by atoms with E-state index < -0.39 is 0 Å². The molecule has 1 amide bonds. The fourth-order valence-corrected chi connectivity index (χ4v) is 2.96. The molecule has 2 aromatic rings. The molecule has 2 heterocycles. The summed E-state index contributed by atoms with van der Waals surface area (Å²) in [6, 6.07) is 5.93. The zero-order chi connectivity index (χ0) is 15.9. The quantitative estimate of drug-likeness (QED) is 0.856. The lowest BCUT2D eigenvalue weighted by atomic mass is 10.1. The van der Waals surface area contributed by atoms with Crippen molar-refractivity contribution in [2.24, 2.45) is 0 Å². The maximum Gasteiger partial charge on any atom is 0.279 e. The van der Waals surface area contributed by atoms with E-state index in [1.54, 1.807) is 4.90 Å². The molecule has 1 aromatic heterocycles. The van der Waals surface area contributed by atoms with E-state index in [9.17, 15) is 4.79 Å². The van der Waals surface area contributed by atoms with Gasteiger partial charge in [-0.3, -0.25) is 9.48 Å². The highest BCUT2D eigenvalue weighted by Crippen LogP contribution is 2.36. The summed E-state index contributed by atoms with van der Waals surface area (Å²) in [5.41, 5.74) is 4.51. The number of fused-ring (bicyclic) bond motifs is 1. The van der Waals surface area contributed by atoms with Gasteiger partial charge in [-0.25, -0.2) is 0 Å². The van der Waals surface area contributed by atoms with E-state index in [4.69, 9.17) is 4.74 Å². The third-order valence-electron chi connectivity index (χ3n) is 4.00. The molecule has 1 aliphatic heterocycles. The van der Waals surface area contributed by atoms with Crippen LogP contribution in [-0.4, -0.2) is 28.8 Å². The Balaban J connectivity index is 2.01. The third-order valence-corrected chi connectivity index (χ3v) is 4.00. The summed E-state index contributed by atoms with van der Waals surface area (Å²) < 4.78 is 7.60. The predicted octanol–water partition coefficient (Wildman–Crippen LogP) is 2.87. The zero-order valence-electron chi connectivity index (χ0n) is 13.5. The van der Waals surface area contributed by atoms with E-state index in [1.165, 1.54) is 0 Å². The Bertz CT molecular complexity index is 734. The van der Waals surface area contributed by atoms with Crippen LogP contribution in [0.1, 0.15) is 34.2 Å². The van der Waals surface area contributed by atoms with Gasteiger partial charge in [0.25, 0.3) is 5.91 Å². The minimum absolute atomic E-state index is 0.0650. The maximum absolute atomic E-state index is 12.9. The highest BCUT2D eigenvalue weighted by Gasteiger charge is 2.27. The van der Waals surface area contributed by atoms with Gasteiger partial charge in [-0.1, -0.05) is 6.07 Å². The van der Waals surface area contributed by atoms with Crippen molar-refractivity contribution in [3.63, 3.8) is 0 Å². The molecule has 1 aromatic carbocycles. The van der Waals surface area contributed by atoms with Crippen LogP contribution in [0.5, 0.6) is 5.75 Å². The minimum atomic E-state index is -0.0650. The number of aromatic nitrogens is 2. The second-order valence-corrected chi connectivity index (χ2v) is 5.72. The van der Waals surface area contributed by atoms with Crippen molar-refractivity contribution in [1.29, 1.82) is 0 Å². The summed E-state index contributed by atoms with van der Waals surface area (Å²) in [6.45, 7) is 9.84. The van der Waals surface area contributed by atoms with E-state index in [0.29, 0.717) is 18.8 Å². The number of amides is 1. The van der Waals surface area contributed by atoms with Gasteiger partial charge in [0.2, 0.25) is 0 Å². The first-order valence-electron chi connectivity index (χ1n) is 7.61. The fraction of sp³-hybridized carbons (Fsp3) is 0.412. The standard InChI is InChI=1S/C17H21N3O2/c1-5-20-13(4)10-14(18-20)17(21)19-6-7-22-16-12(3)8-11(2)9-15(16)19/h8-10H,5-7H2,1-4H3. The van der Waals surface area contributed by atoms with Crippen molar-refractivity contribution < 1.29 is 9.53 Å². The number of nitrogens with zero attached hydrogens (tertiary/aromatic N) is 3. The summed E-state index contributed by atoms with van der Waals surface area (Å²) in [5, 5.41) is 4.41.